The largest absolute Gasteiger partial charge is 0.296 e. The van der Waals surface area contributed by atoms with E-state index >= 15 is 0 Å². The highest BCUT2D eigenvalue weighted by Crippen LogP contribution is 2.36. The zero-order valence-electron chi connectivity index (χ0n) is 19.5. The van der Waals surface area contributed by atoms with Crippen molar-refractivity contribution in [3.63, 3.8) is 0 Å². The summed E-state index contributed by atoms with van der Waals surface area (Å²) in [5, 5.41) is 0. The Kier molecular flexibility index (Phi) is 6.93. The average molecular weight is 498 g/mol. The van der Waals surface area contributed by atoms with Crippen LogP contribution in [0.5, 0.6) is 0 Å². The molecule has 8 nitrogen and oxygen atoms in total. The van der Waals surface area contributed by atoms with Gasteiger partial charge in [-0.1, -0.05) is 32.3 Å². The van der Waals surface area contributed by atoms with E-state index < -0.39 is 26.0 Å². The van der Waals surface area contributed by atoms with Gasteiger partial charge in [0.25, 0.3) is 0 Å². The smallest absolute Gasteiger partial charge is 0.242 e. The van der Waals surface area contributed by atoms with Gasteiger partial charge in [-0.2, -0.15) is 0 Å². The van der Waals surface area contributed by atoms with Crippen LogP contribution in [-0.4, -0.2) is 58.6 Å². The molecule has 1 aromatic carbocycles. The summed E-state index contributed by atoms with van der Waals surface area (Å²) in [6, 6.07) is 4.37. The first-order valence-electron chi connectivity index (χ1n) is 12.0. The molecule has 1 saturated carbocycles. The van der Waals surface area contributed by atoms with Crippen LogP contribution in [0, 0.1) is 12.8 Å². The fraction of sp³-hybridized carbons (Fsp3) is 0.696. The van der Waals surface area contributed by atoms with E-state index in [1.165, 1.54) is 18.6 Å². The summed E-state index contributed by atoms with van der Waals surface area (Å²) in [7, 11) is -7.65. The topological polar surface area (TPSA) is 104 Å². The van der Waals surface area contributed by atoms with Gasteiger partial charge in [0, 0.05) is 18.5 Å². The van der Waals surface area contributed by atoms with E-state index in [4.69, 9.17) is 0 Å². The molecule has 0 atom stereocenters. The van der Waals surface area contributed by atoms with Crippen molar-refractivity contribution in [1.29, 1.82) is 0 Å². The second-order valence-corrected chi connectivity index (χ2v) is 13.6. The quantitative estimate of drug-likeness (QED) is 0.648. The zero-order valence-corrected chi connectivity index (χ0v) is 21.2. The Morgan fingerprint density at radius 2 is 1.79 bits per heavy atom. The SMILES string of the molecule is Cc1ccc(N2C(=O)CCS2(=O)=O)cc1S(=O)(=O)NCC1(N2CCC(C)CC2)CCCCC1. The number of rotatable bonds is 6. The minimum atomic E-state index is -3.89. The molecular formula is C23H35N3O5S2. The molecule has 3 aliphatic rings. The van der Waals surface area contributed by atoms with Crippen molar-refractivity contribution in [1.82, 2.24) is 9.62 Å². The van der Waals surface area contributed by atoms with Crippen molar-refractivity contribution in [2.24, 2.45) is 5.92 Å². The third-order valence-corrected chi connectivity index (χ3v) is 10.8. The van der Waals surface area contributed by atoms with Crippen molar-refractivity contribution >= 4 is 31.6 Å². The molecule has 3 fully saturated rings. The number of piperidine rings is 1. The Morgan fingerprint density at radius 3 is 2.39 bits per heavy atom. The number of nitrogens with zero attached hydrogens (tertiary/aromatic N) is 2. The molecule has 1 aliphatic carbocycles. The van der Waals surface area contributed by atoms with Crippen LogP contribution >= 0.6 is 0 Å². The molecule has 1 amide bonds. The number of amides is 1. The highest BCUT2D eigenvalue weighted by Gasteiger charge is 2.41. The maximum atomic E-state index is 13.4. The first-order chi connectivity index (χ1) is 15.5. The minimum Gasteiger partial charge on any atom is -0.296 e. The summed E-state index contributed by atoms with van der Waals surface area (Å²) in [6.07, 6.45) is 7.50. The lowest BCUT2D eigenvalue weighted by Gasteiger charge is -2.49. The van der Waals surface area contributed by atoms with Gasteiger partial charge < -0.3 is 0 Å². The number of nitrogens with one attached hydrogen (secondary N) is 1. The van der Waals surface area contributed by atoms with E-state index in [1.807, 2.05) is 0 Å². The molecule has 33 heavy (non-hydrogen) atoms. The Hall–Kier alpha value is -1.49. The Morgan fingerprint density at radius 1 is 1.12 bits per heavy atom. The van der Waals surface area contributed by atoms with Gasteiger partial charge in [0.15, 0.2) is 0 Å². The first-order valence-corrected chi connectivity index (χ1v) is 15.0. The third kappa shape index (κ3) is 4.99. The Balaban J connectivity index is 1.58. The number of aryl methyl sites for hydroxylation is 1. The maximum absolute atomic E-state index is 13.4. The average Bonchev–Trinajstić information content (AvgIpc) is 3.06. The van der Waals surface area contributed by atoms with Crippen LogP contribution in [0.3, 0.4) is 0 Å². The fourth-order valence-electron chi connectivity index (χ4n) is 5.48. The fourth-order valence-corrected chi connectivity index (χ4v) is 8.31. The molecule has 10 heteroatoms. The Labute approximate surface area is 197 Å². The summed E-state index contributed by atoms with van der Waals surface area (Å²) in [4.78, 5) is 14.7. The predicted molar refractivity (Wildman–Crippen MR) is 128 cm³/mol. The van der Waals surface area contributed by atoms with Crippen LogP contribution in [0.2, 0.25) is 0 Å². The van der Waals surface area contributed by atoms with Crippen LogP contribution < -0.4 is 9.03 Å². The zero-order chi connectivity index (χ0) is 23.9. The highest BCUT2D eigenvalue weighted by atomic mass is 32.2. The Bertz CT molecular complexity index is 1100. The maximum Gasteiger partial charge on any atom is 0.242 e. The number of carbonyl (C=O) groups excluding carboxylic acids is 1. The molecule has 1 N–H and O–H groups in total. The van der Waals surface area contributed by atoms with Crippen LogP contribution in [0.25, 0.3) is 0 Å². The molecule has 0 spiro atoms. The molecule has 2 saturated heterocycles. The van der Waals surface area contributed by atoms with Crippen molar-refractivity contribution in [2.45, 2.75) is 75.6 Å². The molecule has 1 aromatic rings. The van der Waals surface area contributed by atoms with Gasteiger partial charge in [0.2, 0.25) is 26.0 Å². The monoisotopic (exact) mass is 497 g/mol. The third-order valence-electron chi connectivity index (χ3n) is 7.60. The molecule has 0 aromatic heterocycles. The van der Waals surface area contributed by atoms with Gasteiger partial charge in [-0.15, -0.1) is 0 Å². The number of hydrogen-bond acceptors (Lipinski definition) is 6. The number of hydrogen-bond donors (Lipinski definition) is 1. The lowest BCUT2D eigenvalue weighted by atomic mass is 9.78. The van der Waals surface area contributed by atoms with E-state index in [0.29, 0.717) is 18.0 Å². The summed E-state index contributed by atoms with van der Waals surface area (Å²) in [6.45, 7) is 6.28. The lowest BCUT2D eigenvalue weighted by Crippen LogP contribution is -2.58. The molecular weight excluding hydrogens is 462 g/mol. The van der Waals surface area contributed by atoms with E-state index in [1.54, 1.807) is 13.0 Å². The van der Waals surface area contributed by atoms with Gasteiger partial charge in [-0.25, -0.2) is 25.9 Å². The number of likely N-dealkylation sites (tertiary alicyclic amines) is 1. The number of benzene rings is 1. The van der Waals surface area contributed by atoms with Crippen LogP contribution in [0.15, 0.2) is 23.1 Å². The van der Waals surface area contributed by atoms with E-state index in [9.17, 15) is 21.6 Å². The van der Waals surface area contributed by atoms with Gasteiger partial charge in [0.05, 0.1) is 16.3 Å². The van der Waals surface area contributed by atoms with E-state index in [-0.39, 0.29) is 28.3 Å². The van der Waals surface area contributed by atoms with Crippen molar-refractivity contribution in [3.05, 3.63) is 23.8 Å². The second kappa shape index (κ2) is 9.28. The summed E-state index contributed by atoms with van der Waals surface area (Å²) >= 11 is 0. The molecule has 0 radical (unpaired) electrons. The van der Waals surface area contributed by atoms with Crippen molar-refractivity contribution < 1.29 is 21.6 Å². The molecule has 4 rings (SSSR count). The van der Waals surface area contributed by atoms with Crippen molar-refractivity contribution in [3.8, 4) is 0 Å². The molecule has 184 valence electrons. The second-order valence-electron chi connectivity index (χ2n) is 9.95. The molecule has 0 bridgehead atoms. The molecule has 2 aliphatic heterocycles. The first kappa shape index (κ1) is 24.6. The van der Waals surface area contributed by atoms with Crippen LogP contribution in [-0.2, 0) is 24.8 Å². The van der Waals surface area contributed by atoms with Gasteiger partial charge in [-0.3, -0.25) is 9.69 Å². The lowest BCUT2D eigenvalue weighted by molar-refractivity contribution is -0.116. The predicted octanol–water partition coefficient (Wildman–Crippen LogP) is 2.77. The van der Waals surface area contributed by atoms with Gasteiger partial charge in [-0.05, 0) is 69.3 Å². The number of carbonyl (C=O) groups is 1. The summed E-state index contributed by atoms with van der Waals surface area (Å²) in [5.74, 6) is -0.0824. The normalized spacial score (nSPS) is 24.3. The minimum absolute atomic E-state index is 0.0214. The summed E-state index contributed by atoms with van der Waals surface area (Å²) in [5.41, 5.74) is 0.422. The van der Waals surface area contributed by atoms with Crippen LogP contribution in [0.4, 0.5) is 5.69 Å². The summed E-state index contributed by atoms with van der Waals surface area (Å²) < 4.78 is 55.1. The highest BCUT2D eigenvalue weighted by molar-refractivity contribution is 7.94. The molecule has 0 unspecified atom stereocenters. The standard InChI is InChI=1S/C23H35N3O5S2/c1-18-8-13-25(14-9-18)23(11-4-3-5-12-23)17-24-33(30,31)21-16-20(7-6-19(21)2)26-22(27)10-15-32(26,28)29/h6-7,16,18,24H,3-5,8-15,17H2,1-2H3. The molecule has 2 heterocycles. The van der Waals surface area contributed by atoms with Crippen LogP contribution in [0.1, 0.15) is 63.9 Å². The van der Waals surface area contributed by atoms with E-state index in [2.05, 4.69) is 16.5 Å². The number of sulfonamides is 2. The number of anilines is 1. The van der Waals surface area contributed by atoms with Gasteiger partial charge in [0.1, 0.15) is 0 Å². The van der Waals surface area contributed by atoms with Crippen molar-refractivity contribution in [2.75, 3.05) is 29.7 Å². The van der Waals surface area contributed by atoms with E-state index in [0.717, 1.165) is 55.9 Å². The van der Waals surface area contributed by atoms with Gasteiger partial charge >= 0.3 is 0 Å².